The molecule has 1 saturated heterocycles. The van der Waals surface area contributed by atoms with Gasteiger partial charge in [-0.15, -0.1) is 0 Å². The molecule has 0 bridgehead atoms. The van der Waals surface area contributed by atoms with E-state index in [0.29, 0.717) is 0 Å². The van der Waals surface area contributed by atoms with Gasteiger partial charge >= 0.3 is 6.03 Å². The average Bonchev–Trinajstić information content (AvgIpc) is 2.89. The van der Waals surface area contributed by atoms with Crippen molar-refractivity contribution in [2.75, 3.05) is 19.6 Å². The lowest BCUT2D eigenvalue weighted by Crippen LogP contribution is -2.52. The van der Waals surface area contributed by atoms with E-state index < -0.39 is 0 Å². The van der Waals surface area contributed by atoms with Crippen molar-refractivity contribution in [3.8, 4) is 0 Å². The highest BCUT2D eigenvalue weighted by atomic mass is 16.2. The first-order chi connectivity index (χ1) is 10.2. The van der Waals surface area contributed by atoms with Crippen molar-refractivity contribution in [1.82, 2.24) is 16.0 Å². The van der Waals surface area contributed by atoms with E-state index in [0.717, 1.165) is 45.3 Å². The minimum atomic E-state index is -0.0123. The van der Waals surface area contributed by atoms with Gasteiger partial charge in [0.15, 0.2) is 0 Å². The molecule has 4 heteroatoms. The molecule has 1 aromatic rings. The lowest BCUT2D eigenvalue weighted by atomic mass is 9.64. The molecule has 1 aromatic carbocycles. The summed E-state index contributed by atoms with van der Waals surface area (Å²) in [6.45, 7) is 4.95. The summed E-state index contributed by atoms with van der Waals surface area (Å²) in [7, 11) is 0. The number of amides is 2. The Hall–Kier alpha value is -1.55. The largest absolute Gasteiger partial charge is 0.336 e. The molecule has 0 radical (unpaired) electrons. The maximum absolute atomic E-state index is 11.5. The van der Waals surface area contributed by atoms with Gasteiger partial charge in [0.2, 0.25) is 0 Å². The molecule has 4 nitrogen and oxygen atoms in total. The van der Waals surface area contributed by atoms with Gasteiger partial charge in [-0.3, -0.25) is 0 Å². The highest BCUT2D eigenvalue weighted by Gasteiger charge is 2.46. The predicted octanol–water partition coefficient (Wildman–Crippen LogP) is 2.16. The summed E-state index contributed by atoms with van der Waals surface area (Å²) in [4.78, 5) is 11.5. The van der Waals surface area contributed by atoms with Crippen LogP contribution in [0, 0.1) is 0 Å². The molecule has 2 fully saturated rings. The van der Waals surface area contributed by atoms with Crippen LogP contribution in [0.4, 0.5) is 4.79 Å². The Bertz CT molecular complexity index is 492. The third-order valence-corrected chi connectivity index (χ3v) is 5.23. The Kier molecular flexibility index (Phi) is 3.89. The lowest BCUT2D eigenvalue weighted by molar-refractivity contribution is 0.184. The summed E-state index contributed by atoms with van der Waals surface area (Å²) in [5.74, 6) is 0. The summed E-state index contributed by atoms with van der Waals surface area (Å²) in [6, 6.07) is 10.8. The van der Waals surface area contributed by atoms with E-state index >= 15 is 0 Å². The molecule has 21 heavy (non-hydrogen) atoms. The van der Waals surface area contributed by atoms with E-state index in [1.807, 2.05) is 0 Å². The predicted molar refractivity (Wildman–Crippen MR) is 84.4 cm³/mol. The number of benzene rings is 1. The summed E-state index contributed by atoms with van der Waals surface area (Å²) >= 11 is 0. The molecule has 0 atom stereocenters. The standard InChI is InChI=1S/C17H25N3O/c1-2-18-12-16(14-6-4-3-5-7-14)8-10-17(11-9-16)13-19-15(21)20-17/h3-7,18H,2,8-13H2,1H3,(H2,19,20,21). The molecular weight excluding hydrogens is 262 g/mol. The first-order valence-electron chi connectivity index (χ1n) is 8.00. The zero-order chi connectivity index (χ0) is 14.8. The Labute approximate surface area is 126 Å². The van der Waals surface area contributed by atoms with Crippen LogP contribution < -0.4 is 16.0 Å². The van der Waals surface area contributed by atoms with Crippen molar-refractivity contribution in [3.05, 3.63) is 35.9 Å². The van der Waals surface area contributed by atoms with E-state index in [2.05, 4.69) is 53.2 Å². The minimum Gasteiger partial charge on any atom is -0.336 e. The van der Waals surface area contributed by atoms with Gasteiger partial charge in [-0.05, 0) is 37.8 Å². The third kappa shape index (κ3) is 2.77. The Morgan fingerprint density at radius 3 is 2.43 bits per heavy atom. The molecule has 3 N–H and O–H groups in total. The van der Waals surface area contributed by atoms with Crippen molar-refractivity contribution >= 4 is 6.03 Å². The highest BCUT2D eigenvalue weighted by molar-refractivity contribution is 5.77. The second kappa shape index (κ2) is 5.68. The van der Waals surface area contributed by atoms with Gasteiger partial charge < -0.3 is 16.0 Å². The Balaban J connectivity index is 1.78. The molecule has 3 rings (SSSR count). The Morgan fingerprint density at radius 1 is 1.14 bits per heavy atom. The fourth-order valence-corrected chi connectivity index (χ4v) is 3.81. The van der Waals surface area contributed by atoms with Gasteiger partial charge in [-0.25, -0.2) is 4.79 Å². The average molecular weight is 287 g/mol. The molecule has 0 unspecified atom stereocenters. The van der Waals surface area contributed by atoms with E-state index in [1.165, 1.54) is 5.56 Å². The first-order valence-corrected chi connectivity index (χ1v) is 8.00. The van der Waals surface area contributed by atoms with Crippen LogP contribution in [-0.4, -0.2) is 31.2 Å². The third-order valence-electron chi connectivity index (χ3n) is 5.23. The normalized spacial score (nSPS) is 32.0. The first kappa shape index (κ1) is 14.4. The number of hydrogen-bond donors (Lipinski definition) is 3. The minimum absolute atomic E-state index is 0.00565. The maximum Gasteiger partial charge on any atom is 0.315 e. The molecule has 1 aliphatic carbocycles. The van der Waals surface area contributed by atoms with Crippen molar-refractivity contribution in [2.45, 2.75) is 43.6 Å². The van der Waals surface area contributed by atoms with Crippen molar-refractivity contribution in [1.29, 1.82) is 0 Å². The second-order valence-electron chi connectivity index (χ2n) is 6.51. The van der Waals surface area contributed by atoms with E-state index in [4.69, 9.17) is 0 Å². The zero-order valence-corrected chi connectivity index (χ0v) is 12.7. The number of likely N-dealkylation sites (N-methyl/N-ethyl adjacent to an activating group) is 1. The molecule has 1 aliphatic heterocycles. The van der Waals surface area contributed by atoms with Gasteiger partial charge in [0.25, 0.3) is 0 Å². The van der Waals surface area contributed by atoms with Gasteiger partial charge in [0.1, 0.15) is 0 Å². The van der Waals surface area contributed by atoms with E-state index in [-0.39, 0.29) is 17.0 Å². The quantitative estimate of drug-likeness (QED) is 0.795. The summed E-state index contributed by atoms with van der Waals surface area (Å²) in [5, 5.41) is 9.61. The summed E-state index contributed by atoms with van der Waals surface area (Å²) in [5.41, 5.74) is 1.62. The topological polar surface area (TPSA) is 53.2 Å². The van der Waals surface area contributed by atoms with Crippen LogP contribution in [0.25, 0.3) is 0 Å². The van der Waals surface area contributed by atoms with Crippen LogP contribution in [0.1, 0.15) is 38.2 Å². The molecule has 1 heterocycles. The monoisotopic (exact) mass is 287 g/mol. The maximum atomic E-state index is 11.5. The molecule has 114 valence electrons. The van der Waals surface area contributed by atoms with Gasteiger partial charge in [-0.2, -0.15) is 0 Å². The van der Waals surface area contributed by atoms with Crippen LogP contribution in [0.3, 0.4) is 0 Å². The highest BCUT2D eigenvalue weighted by Crippen LogP contribution is 2.43. The lowest BCUT2D eigenvalue weighted by Gasteiger charge is -2.45. The van der Waals surface area contributed by atoms with Crippen LogP contribution in [0.2, 0.25) is 0 Å². The summed E-state index contributed by atoms with van der Waals surface area (Å²) in [6.07, 6.45) is 4.33. The van der Waals surface area contributed by atoms with Crippen LogP contribution >= 0.6 is 0 Å². The van der Waals surface area contributed by atoms with Crippen LogP contribution in [0.5, 0.6) is 0 Å². The van der Waals surface area contributed by atoms with Crippen molar-refractivity contribution in [2.24, 2.45) is 0 Å². The molecular formula is C17H25N3O. The van der Waals surface area contributed by atoms with Crippen LogP contribution in [0.15, 0.2) is 30.3 Å². The number of nitrogens with one attached hydrogen (secondary N) is 3. The second-order valence-corrected chi connectivity index (χ2v) is 6.51. The van der Waals surface area contributed by atoms with Gasteiger partial charge in [0.05, 0.1) is 5.54 Å². The molecule has 2 amide bonds. The number of hydrogen-bond acceptors (Lipinski definition) is 2. The number of urea groups is 1. The molecule has 1 spiro atoms. The van der Waals surface area contributed by atoms with Gasteiger partial charge in [-0.1, -0.05) is 37.3 Å². The molecule has 2 aliphatic rings. The van der Waals surface area contributed by atoms with Crippen molar-refractivity contribution < 1.29 is 4.79 Å². The molecule has 1 saturated carbocycles. The summed E-state index contributed by atoms with van der Waals surface area (Å²) < 4.78 is 0. The number of carbonyl (C=O) groups excluding carboxylic acids is 1. The Morgan fingerprint density at radius 2 is 1.86 bits per heavy atom. The zero-order valence-electron chi connectivity index (χ0n) is 12.7. The van der Waals surface area contributed by atoms with Crippen LogP contribution in [-0.2, 0) is 5.41 Å². The van der Waals surface area contributed by atoms with E-state index in [1.54, 1.807) is 0 Å². The number of carbonyl (C=O) groups is 1. The number of rotatable bonds is 4. The van der Waals surface area contributed by atoms with E-state index in [9.17, 15) is 4.79 Å². The molecule has 0 aromatic heterocycles. The van der Waals surface area contributed by atoms with Gasteiger partial charge in [0, 0.05) is 18.5 Å². The fraction of sp³-hybridized carbons (Fsp3) is 0.588. The van der Waals surface area contributed by atoms with Crippen molar-refractivity contribution in [3.63, 3.8) is 0 Å². The fourth-order valence-electron chi connectivity index (χ4n) is 3.81. The smallest absolute Gasteiger partial charge is 0.315 e. The SMILES string of the molecule is CCNCC1(c2ccccc2)CCC2(CC1)CNC(=O)N2.